The Labute approximate surface area is 133 Å². The Hall–Kier alpha value is -2.66. The van der Waals surface area contributed by atoms with Crippen molar-refractivity contribution in [3.63, 3.8) is 0 Å². The van der Waals surface area contributed by atoms with Crippen LogP contribution in [0.15, 0.2) is 64.0 Å². The van der Waals surface area contributed by atoms with Crippen molar-refractivity contribution >= 4 is 0 Å². The Balaban J connectivity index is 1.58. The maximum atomic E-state index is 12.1. The van der Waals surface area contributed by atoms with Crippen LogP contribution in [0, 0.1) is 0 Å². The number of furan rings is 1. The van der Waals surface area contributed by atoms with Crippen molar-refractivity contribution in [1.29, 1.82) is 0 Å². The highest BCUT2D eigenvalue weighted by molar-refractivity contribution is 5.50. The molecule has 5 nitrogen and oxygen atoms in total. The summed E-state index contributed by atoms with van der Waals surface area (Å²) in [6, 6.07) is 15.4. The Morgan fingerprint density at radius 1 is 1.04 bits per heavy atom. The third kappa shape index (κ3) is 2.83. The van der Waals surface area contributed by atoms with Gasteiger partial charge >= 0.3 is 0 Å². The van der Waals surface area contributed by atoms with Crippen LogP contribution in [0.25, 0.3) is 11.5 Å². The van der Waals surface area contributed by atoms with Gasteiger partial charge < -0.3 is 4.42 Å². The summed E-state index contributed by atoms with van der Waals surface area (Å²) in [6.45, 7) is 2.26. The normalized spacial score (nSPS) is 14.6. The van der Waals surface area contributed by atoms with Crippen LogP contribution in [0.5, 0.6) is 0 Å². The summed E-state index contributed by atoms with van der Waals surface area (Å²) in [5, 5.41) is 4.43. The van der Waals surface area contributed by atoms with Gasteiger partial charge in [0, 0.05) is 19.2 Å². The lowest BCUT2D eigenvalue weighted by Crippen LogP contribution is -2.37. The van der Waals surface area contributed by atoms with Crippen molar-refractivity contribution in [1.82, 2.24) is 14.7 Å². The molecule has 0 unspecified atom stereocenters. The van der Waals surface area contributed by atoms with E-state index in [2.05, 4.69) is 34.3 Å². The smallest absolute Gasteiger partial charge is 0.268 e. The van der Waals surface area contributed by atoms with E-state index in [1.807, 2.05) is 12.1 Å². The van der Waals surface area contributed by atoms with Crippen LogP contribution < -0.4 is 5.56 Å². The maximum Gasteiger partial charge on any atom is 0.268 e. The summed E-state index contributed by atoms with van der Waals surface area (Å²) in [5.74, 6) is 0.669. The van der Waals surface area contributed by atoms with E-state index in [1.54, 1.807) is 18.4 Å². The number of hydrogen-bond acceptors (Lipinski definition) is 4. The van der Waals surface area contributed by atoms with E-state index in [4.69, 9.17) is 4.42 Å². The molecule has 3 heterocycles. The minimum Gasteiger partial charge on any atom is -0.463 e. The highest BCUT2D eigenvalue weighted by atomic mass is 16.3. The van der Waals surface area contributed by atoms with Crippen molar-refractivity contribution in [2.24, 2.45) is 0 Å². The average molecular weight is 307 g/mol. The van der Waals surface area contributed by atoms with Crippen LogP contribution in [-0.2, 0) is 19.6 Å². The second-order valence-electron chi connectivity index (χ2n) is 5.75. The molecule has 0 radical (unpaired) electrons. The first kappa shape index (κ1) is 14.0. The van der Waals surface area contributed by atoms with Crippen molar-refractivity contribution in [3.8, 4) is 11.5 Å². The molecule has 0 saturated carbocycles. The molecule has 1 aromatic carbocycles. The van der Waals surface area contributed by atoms with Crippen LogP contribution in [0.2, 0.25) is 0 Å². The second kappa shape index (κ2) is 5.85. The fraction of sp³-hybridized carbons (Fsp3) is 0.222. The maximum absolute atomic E-state index is 12.1. The summed E-state index contributed by atoms with van der Waals surface area (Å²) in [5.41, 5.74) is 3.30. The topological polar surface area (TPSA) is 51.3 Å². The quantitative estimate of drug-likeness (QED) is 0.746. The molecule has 0 bridgehead atoms. The molecule has 0 saturated heterocycles. The first-order chi connectivity index (χ1) is 11.3. The minimum absolute atomic E-state index is 0.0980. The first-order valence-electron chi connectivity index (χ1n) is 7.71. The van der Waals surface area contributed by atoms with Crippen molar-refractivity contribution in [2.75, 3.05) is 6.54 Å². The van der Waals surface area contributed by atoms with Gasteiger partial charge in [-0.15, -0.1) is 0 Å². The summed E-state index contributed by atoms with van der Waals surface area (Å²) in [7, 11) is 0. The molecule has 1 aliphatic rings. The Bertz CT molecular complexity index is 868. The van der Waals surface area contributed by atoms with Crippen molar-refractivity contribution in [2.45, 2.75) is 19.6 Å². The van der Waals surface area contributed by atoms with Gasteiger partial charge in [0.2, 0.25) is 0 Å². The van der Waals surface area contributed by atoms with Gasteiger partial charge in [0.05, 0.1) is 12.9 Å². The van der Waals surface area contributed by atoms with E-state index in [-0.39, 0.29) is 5.56 Å². The van der Waals surface area contributed by atoms with Gasteiger partial charge in [-0.05, 0) is 35.7 Å². The van der Waals surface area contributed by atoms with Crippen LogP contribution in [0.3, 0.4) is 0 Å². The summed E-state index contributed by atoms with van der Waals surface area (Å²) in [6.07, 6.45) is 2.61. The van der Waals surface area contributed by atoms with Gasteiger partial charge in [-0.3, -0.25) is 9.69 Å². The van der Waals surface area contributed by atoms with Gasteiger partial charge in [0.15, 0.2) is 5.76 Å². The van der Waals surface area contributed by atoms with Crippen LogP contribution >= 0.6 is 0 Å². The zero-order valence-corrected chi connectivity index (χ0v) is 12.7. The first-order valence-corrected chi connectivity index (χ1v) is 7.71. The molecule has 1 aliphatic heterocycles. The molecular formula is C18H17N3O2. The molecule has 3 aromatic rings. The number of benzene rings is 1. The van der Waals surface area contributed by atoms with Gasteiger partial charge in [-0.2, -0.15) is 5.10 Å². The van der Waals surface area contributed by atoms with Gasteiger partial charge in [-0.25, -0.2) is 4.68 Å². The SMILES string of the molecule is O=c1ccc(-c2ccco2)nn1CN1CCc2ccccc2C1. The summed E-state index contributed by atoms with van der Waals surface area (Å²) in [4.78, 5) is 14.3. The number of nitrogens with zero attached hydrogens (tertiary/aromatic N) is 3. The summed E-state index contributed by atoms with van der Waals surface area (Å²) >= 11 is 0. The van der Waals surface area contributed by atoms with Crippen LogP contribution in [-0.4, -0.2) is 21.2 Å². The van der Waals surface area contributed by atoms with Gasteiger partial charge in [0.25, 0.3) is 5.56 Å². The van der Waals surface area contributed by atoms with Crippen molar-refractivity contribution in [3.05, 3.63) is 76.3 Å². The summed E-state index contributed by atoms with van der Waals surface area (Å²) < 4.78 is 6.87. The number of fused-ring (bicyclic) bond motifs is 1. The predicted octanol–water partition coefficient (Wildman–Crippen LogP) is 2.52. The predicted molar refractivity (Wildman–Crippen MR) is 86.8 cm³/mol. The number of aromatic nitrogens is 2. The fourth-order valence-corrected chi connectivity index (χ4v) is 2.97. The lowest BCUT2D eigenvalue weighted by molar-refractivity contribution is 0.185. The molecule has 23 heavy (non-hydrogen) atoms. The van der Waals surface area contributed by atoms with E-state index in [0.29, 0.717) is 18.1 Å². The Kier molecular flexibility index (Phi) is 3.55. The third-order valence-corrected chi connectivity index (χ3v) is 4.18. The van der Waals surface area contributed by atoms with E-state index in [9.17, 15) is 4.79 Å². The molecule has 4 rings (SSSR count). The van der Waals surface area contributed by atoms with Crippen LogP contribution in [0.4, 0.5) is 0 Å². The van der Waals surface area contributed by atoms with Gasteiger partial charge in [-0.1, -0.05) is 24.3 Å². The lowest BCUT2D eigenvalue weighted by atomic mass is 10.0. The highest BCUT2D eigenvalue weighted by Gasteiger charge is 2.17. The Morgan fingerprint density at radius 2 is 1.91 bits per heavy atom. The standard InChI is InChI=1S/C18H17N3O2/c22-18-8-7-16(17-6-3-11-23-17)19-21(18)13-20-10-9-14-4-1-2-5-15(14)12-20/h1-8,11H,9-10,12-13H2. The zero-order chi connectivity index (χ0) is 15.6. The molecule has 0 aliphatic carbocycles. The number of rotatable bonds is 3. The van der Waals surface area contributed by atoms with Gasteiger partial charge in [0.1, 0.15) is 5.69 Å². The average Bonchev–Trinajstić information content (AvgIpc) is 3.11. The fourth-order valence-electron chi connectivity index (χ4n) is 2.97. The second-order valence-corrected chi connectivity index (χ2v) is 5.75. The zero-order valence-electron chi connectivity index (χ0n) is 12.7. The molecule has 0 fully saturated rings. The molecule has 0 atom stereocenters. The lowest BCUT2D eigenvalue weighted by Gasteiger charge is -2.28. The Morgan fingerprint density at radius 3 is 2.74 bits per heavy atom. The molecular weight excluding hydrogens is 290 g/mol. The van der Waals surface area contributed by atoms with Crippen molar-refractivity contribution < 1.29 is 4.42 Å². The molecule has 116 valence electrons. The highest BCUT2D eigenvalue weighted by Crippen LogP contribution is 2.19. The molecule has 2 aromatic heterocycles. The van der Waals surface area contributed by atoms with E-state index in [1.165, 1.54) is 15.8 Å². The van der Waals surface area contributed by atoms with E-state index in [0.717, 1.165) is 19.5 Å². The monoisotopic (exact) mass is 307 g/mol. The minimum atomic E-state index is -0.0980. The van der Waals surface area contributed by atoms with E-state index < -0.39 is 0 Å². The van der Waals surface area contributed by atoms with E-state index >= 15 is 0 Å². The largest absolute Gasteiger partial charge is 0.463 e. The third-order valence-electron chi connectivity index (χ3n) is 4.18. The molecule has 5 heteroatoms. The number of hydrogen-bond donors (Lipinski definition) is 0. The molecule has 0 amide bonds. The molecule has 0 N–H and O–H groups in total. The van der Waals surface area contributed by atoms with Crippen LogP contribution in [0.1, 0.15) is 11.1 Å². The molecule has 0 spiro atoms.